The van der Waals surface area contributed by atoms with Gasteiger partial charge in [-0.3, -0.25) is 4.90 Å². The van der Waals surface area contributed by atoms with Crippen LogP contribution in [0.3, 0.4) is 0 Å². The number of nitrogens with zero attached hydrogens (tertiary/aromatic N) is 1. The van der Waals surface area contributed by atoms with Crippen molar-refractivity contribution >= 4 is 0 Å². The molecule has 2 nitrogen and oxygen atoms in total. The van der Waals surface area contributed by atoms with Crippen molar-refractivity contribution in [2.24, 2.45) is 0 Å². The van der Waals surface area contributed by atoms with Gasteiger partial charge in [-0.15, -0.1) is 0 Å². The number of hydrogen-bond donors (Lipinski definition) is 1. The molecule has 1 atom stereocenters. The Morgan fingerprint density at radius 3 is 2.46 bits per heavy atom. The van der Waals surface area contributed by atoms with Gasteiger partial charge in [0.1, 0.15) is 6.23 Å². The van der Waals surface area contributed by atoms with Crippen LogP contribution < -0.4 is 0 Å². The third kappa shape index (κ3) is 4.10. The maximum atomic E-state index is 9.83. The Kier molecular flexibility index (Phi) is 5.40. The van der Waals surface area contributed by atoms with E-state index < -0.39 is 0 Å². The third-order valence-corrected chi connectivity index (χ3v) is 2.88. The van der Waals surface area contributed by atoms with Gasteiger partial charge in [0.15, 0.2) is 0 Å². The number of hydrogen-bond acceptors (Lipinski definition) is 2. The summed E-state index contributed by atoms with van der Waals surface area (Å²) in [4.78, 5) is 2.24. The predicted octanol–water partition coefficient (Wildman–Crippen LogP) is 2.37. The SMILES string of the molecule is CCCCCC(O)N1CCCCC1. The minimum atomic E-state index is -0.160. The second kappa shape index (κ2) is 6.39. The molecule has 1 fully saturated rings. The molecule has 0 bridgehead atoms. The average molecular weight is 185 g/mol. The van der Waals surface area contributed by atoms with Crippen molar-refractivity contribution in [3.05, 3.63) is 0 Å². The maximum Gasteiger partial charge on any atom is 0.107 e. The smallest absolute Gasteiger partial charge is 0.107 e. The maximum absolute atomic E-state index is 9.83. The Labute approximate surface area is 81.9 Å². The van der Waals surface area contributed by atoms with Gasteiger partial charge in [0.25, 0.3) is 0 Å². The van der Waals surface area contributed by atoms with E-state index >= 15 is 0 Å². The van der Waals surface area contributed by atoms with E-state index in [4.69, 9.17) is 0 Å². The number of aliphatic hydroxyl groups excluding tert-OH is 1. The highest BCUT2D eigenvalue weighted by atomic mass is 16.3. The Morgan fingerprint density at radius 1 is 1.15 bits per heavy atom. The van der Waals surface area contributed by atoms with Crippen molar-refractivity contribution in [1.82, 2.24) is 4.90 Å². The molecule has 0 radical (unpaired) electrons. The quantitative estimate of drug-likeness (QED) is 0.665. The number of aliphatic hydroxyl groups is 1. The summed E-state index contributed by atoms with van der Waals surface area (Å²) in [6.07, 6.45) is 8.36. The first kappa shape index (κ1) is 11.0. The first-order chi connectivity index (χ1) is 6.34. The van der Waals surface area contributed by atoms with E-state index in [1.165, 1.54) is 38.5 Å². The molecule has 0 aliphatic carbocycles. The molecule has 0 aromatic heterocycles. The van der Waals surface area contributed by atoms with Gasteiger partial charge < -0.3 is 5.11 Å². The molecule has 0 saturated carbocycles. The Balaban J connectivity index is 2.09. The highest BCUT2D eigenvalue weighted by Crippen LogP contribution is 2.14. The lowest BCUT2D eigenvalue weighted by Gasteiger charge is -2.31. The zero-order chi connectivity index (χ0) is 9.52. The largest absolute Gasteiger partial charge is 0.378 e. The van der Waals surface area contributed by atoms with E-state index in [1.54, 1.807) is 0 Å². The average Bonchev–Trinajstić information content (AvgIpc) is 2.19. The third-order valence-electron chi connectivity index (χ3n) is 2.88. The molecule has 1 unspecified atom stereocenters. The fourth-order valence-corrected chi connectivity index (χ4v) is 1.98. The molecular weight excluding hydrogens is 162 g/mol. The summed E-state index contributed by atoms with van der Waals surface area (Å²) in [6, 6.07) is 0. The molecule has 1 heterocycles. The molecule has 1 N–H and O–H groups in total. The van der Waals surface area contributed by atoms with Crippen LogP contribution in [0.15, 0.2) is 0 Å². The van der Waals surface area contributed by atoms with E-state index in [9.17, 15) is 5.11 Å². The van der Waals surface area contributed by atoms with Crippen molar-refractivity contribution in [3.63, 3.8) is 0 Å². The highest BCUT2D eigenvalue weighted by molar-refractivity contribution is 4.67. The van der Waals surface area contributed by atoms with Crippen LogP contribution in [0.5, 0.6) is 0 Å². The van der Waals surface area contributed by atoms with E-state index in [1.807, 2.05) is 0 Å². The van der Waals surface area contributed by atoms with Gasteiger partial charge in [0.05, 0.1) is 0 Å². The summed E-state index contributed by atoms with van der Waals surface area (Å²) in [5.41, 5.74) is 0. The molecule has 1 saturated heterocycles. The van der Waals surface area contributed by atoms with Gasteiger partial charge >= 0.3 is 0 Å². The zero-order valence-corrected chi connectivity index (χ0v) is 8.84. The minimum Gasteiger partial charge on any atom is -0.378 e. The van der Waals surface area contributed by atoms with Gasteiger partial charge in [0.2, 0.25) is 0 Å². The second-order valence-corrected chi connectivity index (χ2v) is 4.07. The van der Waals surface area contributed by atoms with Gasteiger partial charge in [-0.2, -0.15) is 0 Å². The summed E-state index contributed by atoms with van der Waals surface area (Å²) < 4.78 is 0. The second-order valence-electron chi connectivity index (χ2n) is 4.07. The van der Waals surface area contributed by atoms with Crippen LogP contribution in [0.4, 0.5) is 0 Å². The van der Waals surface area contributed by atoms with E-state index in [-0.39, 0.29) is 6.23 Å². The summed E-state index contributed by atoms with van der Waals surface area (Å²) in [5.74, 6) is 0. The topological polar surface area (TPSA) is 23.5 Å². The Hall–Kier alpha value is -0.0800. The molecule has 0 spiro atoms. The molecule has 13 heavy (non-hydrogen) atoms. The van der Waals surface area contributed by atoms with Gasteiger partial charge in [0, 0.05) is 13.1 Å². The van der Waals surface area contributed by atoms with Crippen LogP contribution in [0, 0.1) is 0 Å². The predicted molar refractivity (Wildman–Crippen MR) is 55.6 cm³/mol. The van der Waals surface area contributed by atoms with Crippen LogP contribution in [0.25, 0.3) is 0 Å². The summed E-state index contributed by atoms with van der Waals surface area (Å²) in [6.45, 7) is 4.41. The number of rotatable bonds is 5. The van der Waals surface area contributed by atoms with Crippen LogP contribution in [0.2, 0.25) is 0 Å². The van der Waals surface area contributed by atoms with Crippen molar-refractivity contribution in [2.45, 2.75) is 58.1 Å². The van der Waals surface area contributed by atoms with Gasteiger partial charge in [-0.25, -0.2) is 0 Å². The Morgan fingerprint density at radius 2 is 1.85 bits per heavy atom. The van der Waals surface area contributed by atoms with Crippen LogP contribution in [-0.2, 0) is 0 Å². The molecule has 2 heteroatoms. The molecular formula is C11H23NO. The summed E-state index contributed by atoms with van der Waals surface area (Å²) >= 11 is 0. The van der Waals surface area contributed by atoms with E-state index in [0.29, 0.717) is 0 Å². The van der Waals surface area contributed by atoms with Crippen molar-refractivity contribution < 1.29 is 5.11 Å². The molecule has 0 aromatic rings. The summed E-state index contributed by atoms with van der Waals surface area (Å²) in [5, 5.41) is 9.83. The molecule has 1 rings (SSSR count). The van der Waals surface area contributed by atoms with Gasteiger partial charge in [-0.1, -0.05) is 26.2 Å². The fourth-order valence-electron chi connectivity index (χ4n) is 1.98. The molecule has 78 valence electrons. The standard InChI is InChI=1S/C11H23NO/c1-2-3-5-8-11(13)12-9-6-4-7-10-12/h11,13H,2-10H2,1H3. The first-order valence-corrected chi connectivity index (χ1v) is 5.76. The lowest BCUT2D eigenvalue weighted by atomic mass is 10.1. The molecule has 1 aliphatic rings. The normalized spacial score (nSPS) is 21.7. The van der Waals surface area contributed by atoms with Crippen LogP contribution in [-0.4, -0.2) is 29.3 Å². The van der Waals surface area contributed by atoms with Crippen molar-refractivity contribution in [1.29, 1.82) is 0 Å². The van der Waals surface area contributed by atoms with Crippen molar-refractivity contribution in [2.75, 3.05) is 13.1 Å². The highest BCUT2D eigenvalue weighted by Gasteiger charge is 2.16. The number of unbranched alkanes of at least 4 members (excludes halogenated alkanes) is 2. The fraction of sp³-hybridized carbons (Fsp3) is 1.00. The lowest BCUT2D eigenvalue weighted by Crippen LogP contribution is -2.38. The van der Waals surface area contributed by atoms with E-state index in [0.717, 1.165) is 19.5 Å². The minimum absolute atomic E-state index is 0.160. The van der Waals surface area contributed by atoms with Gasteiger partial charge in [-0.05, 0) is 25.7 Å². The molecule has 0 aromatic carbocycles. The lowest BCUT2D eigenvalue weighted by molar-refractivity contribution is -0.0148. The number of likely N-dealkylation sites (tertiary alicyclic amines) is 1. The summed E-state index contributed by atoms with van der Waals surface area (Å²) in [7, 11) is 0. The van der Waals surface area contributed by atoms with Crippen molar-refractivity contribution in [3.8, 4) is 0 Å². The van der Waals surface area contributed by atoms with Crippen LogP contribution >= 0.6 is 0 Å². The Bertz CT molecular complexity index is 121. The zero-order valence-electron chi connectivity index (χ0n) is 8.84. The monoisotopic (exact) mass is 185 g/mol. The molecule has 0 amide bonds. The van der Waals surface area contributed by atoms with Crippen LogP contribution in [0.1, 0.15) is 51.9 Å². The first-order valence-electron chi connectivity index (χ1n) is 5.76. The van der Waals surface area contributed by atoms with E-state index in [2.05, 4.69) is 11.8 Å². The molecule has 1 aliphatic heterocycles. The number of piperidine rings is 1.